The van der Waals surface area contributed by atoms with E-state index in [-0.39, 0.29) is 23.9 Å². The molecule has 9 nitrogen and oxygen atoms in total. The largest absolute Gasteiger partial charge is 0.337 e. The third-order valence-corrected chi connectivity index (χ3v) is 5.80. The number of aromatic amines is 1. The van der Waals surface area contributed by atoms with E-state index >= 15 is 0 Å². The van der Waals surface area contributed by atoms with Gasteiger partial charge in [-0.3, -0.25) is 14.9 Å². The first-order chi connectivity index (χ1) is 13.8. The fourth-order valence-electron chi connectivity index (χ4n) is 4.37. The van der Waals surface area contributed by atoms with Crippen LogP contribution in [0.15, 0.2) is 18.3 Å². The summed E-state index contributed by atoms with van der Waals surface area (Å²) in [4.78, 5) is 38.2. The molecule has 2 aliphatic rings. The van der Waals surface area contributed by atoms with Crippen LogP contribution in [0.2, 0.25) is 0 Å². The third-order valence-electron chi connectivity index (χ3n) is 5.80. The predicted molar refractivity (Wildman–Crippen MR) is 106 cm³/mol. The first-order valence-corrected chi connectivity index (χ1v) is 9.95. The lowest BCUT2D eigenvalue weighted by Gasteiger charge is -2.27. The number of amides is 3. The van der Waals surface area contributed by atoms with Crippen molar-refractivity contribution in [3.63, 3.8) is 0 Å². The second kappa shape index (κ2) is 7.13. The van der Waals surface area contributed by atoms with Gasteiger partial charge >= 0.3 is 6.03 Å². The fraction of sp³-hybridized carbons (Fsp3) is 0.550. The zero-order valence-corrected chi connectivity index (χ0v) is 17.3. The van der Waals surface area contributed by atoms with Crippen molar-refractivity contribution in [2.45, 2.75) is 39.2 Å². The molecule has 2 atom stereocenters. The quantitative estimate of drug-likeness (QED) is 0.811. The molecule has 0 spiro atoms. The van der Waals surface area contributed by atoms with Crippen LogP contribution < -0.4 is 5.32 Å². The van der Waals surface area contributed by atoms with E-state index in [9.17, 15) is 9.59 Å². The van der Waals surface area contributed by atoms with Gasteiger partial charge in [-0.05, 0) is 39.8 Å². The summed E-state index contributed by atoms with van der Waals surface area (Å²) in [5, 5.41) is 10.3. The lowest BCUT2D eigenvalue weighted by Crippen LogP contribution is -2.46. The van der Waals surface area contributed by atoms with Gasteiger partial charge in [0.05, 0.1) is 11.0 Å². The minimum absolute atomic E-state index is 0.0447. The van der Waals surface area contributed by atoms with Crippen LogP contribution in [0.5, 0.6) is 0 Å². The molecule has 0 radical (unpaired) electrons. The SMILES string of the molecule is Cc1ccc(C(=O)N2C[C@@H]3CN(C(=O)NC(C)C)C[C@]3(c3n[nH]c(C)n3)C2)cn1. The van der Waals surface area contributed by atoms with E-state index in [1.807, 2.05) is 49.6 Å². The molecule has 2 N–H and O–H groups in total. The number of fused-ring (bicyclic) bond motifs is 1. The molecule has 2 saturated heterocycles. The molecule has 2 aromatic rings. The molecule has 0 bridgehead atoms. The topological polar surface area (TPSA) is 107 Å². The molecule has 0 saturated carbocycles. The number of aryl methyl sites for hydroxylation is 2. The van der Waals surface area contributed by atoms with Crippen molar-refractivity contribution < 1.29 is 9.59 Å². The zero-order valence-electron chi connectivity index (χ0n) is 17.3. The van der Waals surface area contributed by atoms with Gasteiger partial charge in [0.15, 0.2) is 5.82 Å². The number of urea groups is 1. The first-order valence-electron chi connectivity index (χ1n) is 9.95. The second-order valence-electron chi connectivity index (χ2n) is 8.46. The monoisotopic (exact) mass is 397 g/mol. The Bertz CT molecular complexity index is 923. The zero-order chi connectivity index (χ0) is 20.8. The van der Waals surface area contributed by atoms with Crippen LogP contribution in [0.25, 0.3) is 0 Å². The minimum Gasteiger partial charge on any atom is -0.337 e. The molecule has 2 aliphatic heterocycles. The average Bonchev–Trinajstić information content (AvgIpc) is 3.33. The lowest BCUT2D eigenvalue weighted by molar-refractivity contribution is 0.0772. The van der Waals surface area contributed by atoms with E-state index in [0.29, 0.717) is 37.6 Å². The number of carbonyl (C=O) groups excluding carboxylic acids is 2. The number of hydrogen-bond acceptors (Lipinski definition) is 5. The van der Waals surface area contributed by atoms with Crippen LogP contribution in [0.3, 0.4) is 0 Å². The number of carbonyl (C=O) groups is 2. The Labute approximate surface area is 169 Å². The van der Waals surface area contributed by atoms with E-state index in [4.69, 9.17) is 0 Å². The molecule has 2 fully saturated rings. The summed E-state index contributed by atoms with van der Waals surface area (Å²) >= 11 is 0. The highest BCUT2D eigenvalue weighted by atomic mass is 16.2. The van der Waals surface area contributed by atoms with Crippen molar-refractivity contribution in [2.24, 2.45) is 5.92 Å². The molecule has 0 aliphatic carbocycles. The average molecular weight is 397 g/mol. The highest BCUT2D eigenvalue weighted by molar-refractivity contribution is 5.94. The summed E-state index contributed by atoms with van der Waals surface area (Å²) in [6.45, 7) is 9.74. The van der Waals surface area contributed by atoms with Crippen molar-refractivity contribution in [1.82, 2.24) is 35.3 Å². The van der Waals surface area contributed by atoms with Crippen molar-refractivity contribution in [2.75, 3.05) is 26.2 Å². The molecule has 3 amide bonds. The Morgan fingerprint density at radius 1 is 1.21 bits per heavy atom. The summed E-state index contributed by atoms with van der Waals surface area (Å²) in [5.41, 5.74) is 0.984. The van der Waals surface area contributed by atoms with Gasteiger partial charge in [0, 0.05) is 50.0 Å². The first kappa shape index (κ1) is 19.4. The van der Waals surface area contributed by atoms with E-state index in [0.717, 1.165) is 11.5 Å². The summed E-state index contributed by atoms with van der Waals surface area (Å²) in [7, 11) is 0. The Morgan fingerprint density at radius 2 is 1.93 bits per heavy atom. The van der Waals surface area contributed by atoms with Crippen LogP contribution in [0.4, 0.5) is 4.79 Å². The highest BCUT2D eigenvalue weighted by Crippen LogP contribution is 2.44. The second-order valence-corrected chi connectivity index (χ2v) is 8.46. The molecule has 4 heterocycles. The fourth-order valence-corrected chi connectivity index (χ4v) is 4.37. The van der Waals surface area contributed by atoms with Gasteiger partial charge < -0.3 is 15.1 Å². The summed E-state index contributed by atoms with van der Waals surface area (Å²) in [6, 6.07) is 3.64. The van der Waals surface area contributed by atoms with Crippen LogP contribution in [0, 0.1) is 19.8 Å². The van der Waals surface area contributed by atoms with Gasteiger partial charge in [0.25, 0.3) is 5.91 Å². The number of H-pyrrole nitrogens is 1. The molecule has 2 aromatic heterocycles. The standard InChI is InChI=1S/C20H27N7O2/c1-12(2)22-19(29)27-9-16-8-26(17(28)15-6-5-13(3)21-7-15)10-20(16,11-27)18-23-14(4)24-25-18/h5-7,12,16H,8-11H2,1-4H3,(H,22,29)(H,23,24,25)/t16-,20-/m1/s1. The van der Waals surface area contributed by atoms with Crippen LogP contribution in [-0.2, 0) is 5.41 Å². The molecule has 154 valence electrons. The van der Waals surface area contributed by atoms with Crippen LogP contribution in [0.1, 0.15) is 41.5 Å². The summed E-state index contributed by atoms with van der Waals surface area (Å²) in [5.74, 6) is 1.44. The number of rotatable bonds is 3. The molecule has 4 rings (SSSR count). The van der Waals surface area contributed by atoms with Gasteiger partial charge in [-0.2, -0.15) is 5.10 Å². The summed E-state index contributed by atoms with van der Waals surface area (Å²) < 4.78 is 0. The lowest BCUT2D eigenvalue weighted by atomic mass is 9.80. The Balaban J connectivity index is 1.60. The maximum absolute atomic E-state index is 13.1. The molecular weight excluding hydrogens is 370 g/mol. The number of aromatic nitrogens is 4. The van der Waals surface area contributed by atoms with E-state index < -0.39 is 5.41 Å². The molecule has 29 heavy (non-hydrogen) atoms. The van der Waals surface area contributed by atoms with Crippen LogP contribution >= 0.6 is 0 Å². The van der Waals surface area contributed by atoms with Crippen molar-refractivity contribution in [3.8, 4) is 0 Å². The molecule has 0 unspecified atom stereocenters. The Morgan fingerprint density at radius 3 is 2.55 bits per heavy atom. The third kappa shape index (κ3) is 3.45. The molecular formula is C20H27N7O2. The maximum Gasteiger partial charge on any atom is 0.317 e. The van der Waals surface area contributed by atoms with Crippen molar-refractivity contribution in [3.05, 3.63) is 41.2 Å². The highest BCUT2D eigenvalue weighted by Gasteiger charge is 2.57. The molecule has 0 aromatic carbocycles. The smallest absolute Gasteiger partial charge is 0.317 e. The minimum atomic E-state index is -0.465. The van der Waals surface area contributed by atoms with Crippen molar-refractivity contribution >= 4 is 11.9 Å². The predicted octanol–water partition coefficient (Wildman–Crippen LogP) is 1.26. The van der Waals surface area contributed by atoms with Crippen molar-refractivity contribution in [1.29, 1.82) is 0 Å². The number of pyridine rings is 1. The van der Waals surface area contributed by atoms with E-state index in [2.05, 4.69) is 25.5 Å². The normalized spacial score (nSPS) is 23.6. The maximum atomic E-state index is 13.1. The number of hydrogen-bond donors (Lipinski definition) is 2. The number of nitrogens with one attached hydrogen (secondary N) is 2. The van der Waals surface area contributed by atoms with Gasteiger partial charge in [-0.15, -0.1) is 0 Å². The Hall–Kier alpha value is -2.97. The van der Waals surface area contributed by atoms with E-state index in [1.165, 1.54) is 0 Å². The molecule has 9 heteroatoms. The van der Waals surface area contributed by atoms with E-state index in [1.54, 1.807) is 6.20 Å². The Kier molecular flexibility index (Phi) is 4.76. The van der Waals surface area contributed by atoms with Gasteiger partial charge in [-0.25, -0.2) is 9.78 Å². The van der Waals surface area contributed by atoms with Gasteiger partial charge in [0.2, 0.25) is 0 Å². The number of likely N-dealkylation sites (tertiary alicyclic amines) is 2. The number of nitrogens with zero attached hydrogens (tertiary/aromatic N) is 5. The van der Waals surface area contributed by atoms with Gasteiger partial charge in [-0.1, -0.05) is 0 Å². The summed E-state index contributed by atoms with van der Waals surface area (Å²) in [6.07, 6.45) is 1.62. The van der Waals surface area contributed by atoms with Crippen LogP contribution in [-0.4, -0.2) is 74.1 Å². The van der Waals surface area contributed by atoms with Gasteiger partial charge in [0.1, 0.15) is 5.82 Å².